The Morgan fingerprint density at radius 1 is 1.14 bits per heavy atom. The van der Waals surface area contributed by atoms with Crippen molar-refractivity contribution in [2.75, 3.05) is 18.8 Å². The Morgan fingerprint density at radius 2 is 1.79 bits per heavy atom. The molecule has 0 bridgehead atoms. The Kier molecular flexibility index (Phi) is 5.71. The van der Waals surface area contributed by atoms with Crippen molar-refractivity contribution in [3.05, 3.63) is 69.3 Å². The molecular formula is C19H18F2N4O4. The Bertz CT molecular complexity index is 975. The van der Waals surface area contributed by atoms with E-state index < -0.39 is 39.7 Å². The lowest BCUT2D eigenvalue weighted by Crippen LogP contribution is -2.46. The third kappa shape index (κ3) is 4.31. The van der Waals surface area contributed by atoms with Crippen LogP contribution in [-0.4, -0.2) is 40.8 Å². The van der Waals surface area contributed by atoms with E-state index in [-0.39, 0.29) is 30.3 Å². The third-order valence-electron chi connectivity index (χ3n) is 4.79. The number of benzene rings is 2. The number of rotatable bonds is 4. The lowest BCUT2D eigenvalue weighted by Gasteiger charge is -2.32. The summed E-state index contributed by atoms with van der Waals surface area (Å²) < 4.78 is 27.4. The number of piperidine rings is 1. The molecule has 2 aromatic rings. The van der Waals surface area contributed by atoms with Crippen LogP contribution in [0.2, 0.25) is 0 Å². The Morgan fingerprint density at radius 3 is 2.41 bits per heavy atom. The second-order valence-electron chi connectivity index (χ2n) is 6.66. The zero-order chi connectivity index (χ0) is 21.1. The predicted molar refractivity (Wildman–Crippen MR) is 100 cm³/mol. The summed E-state index contributed by atoms with van der Waals surface area (Å²) in [7, 11) is 0. The monoisotopic (exact) mass is 404 g/mol. The molecule has 3 rings (SSSR count). The van der Waals surface area contributed by atoms with Gasteiger partial charge in [0.2, 0.25) is 0 Å². The highest BCUT2D eigenvalue weighted by molar-refractivity contribution is 6.01. The summed E-state index contributed by atoms with van der Waals surface area (Å²) in [5, 5.41) is 13.6. The average molecular weight is 404 g/mol. The molecule has 3 N–H and O–H groups in total. The fourth-order valence-corrected chi connectivity index (χ4v) is 3.24. The number of amides is 2. The van der Waals surface area contributed by atoms with Crippen molar-refractivity contribution >= 4 is 23.2 Å². The molecule has 0 aliphatic carbocycles. The molecule has 1 aliphatic heterocycles. The molecule has 1 fully saturated rings. The smallest absolute Gasteiger partial charge is 0.295 e. The Hall–Kier alpha value is -3.56. The van der Waals surface area contributed by atoms with Crippen LogP contribution in [0.15, 0.2) is 36.4 Å². The molecule has 0 aromatic heterocycles. The highest BCUT2D eigenvalue weighted by Gasteiger charge is 2.28. The van der Waals surface area contributed by atoms with Gasteiger partial charge in [-0.25, -0.2) is 8.78 Å². The van der Waals surface area contributed by atoms with Gasteiger partial charge in [0.15, 0.2) is 0 Å². The number of likely N-dealkylation sites (tertiary alicyclic amines) is 1. The third-order valence-corrected chi connectivity index (χ3v) is 4.79. The number of carbonyl (C=O) groups is 2. The van der Waals surface area contributed by atoms with Crippen molar-refractivity contribution in [1.82, 2.24) is 10.2 Å². The topological polar surface area (TPSA) is 119 Å². The highest BCUT2D eigenvalue weighted by atomic mass is 19.1. The quantitative estimate of drug-likeness (QED) is 0.461. The van der Waals surface area contributed by atoms with Gasteiger partial charge in [-0.05, 0) is 31.0 Å². The number of hydrogen-bond acceptors (Lipinski definition) is 5. The first-order valence-electron chi connectivity index (χ1n) is 8.86. The molecule has 0 unspecified atom stereocenters. The van der Waals surface area contributed by atoms with E-state index in [9.17, 15) is 28.5 Å². The molecule has 152 valence electrons. The molecule has 29 heavy (non-hydrogen) atoms. The molecule has 2 aromatic carbocycles. The summed E-state index contributed by atoms with van der Waals surface area (Å²) in [6.45, 7) is 0.577. The van der Waals surface area contributed by atoms with Crippen molar-refractivity contribution < 1.29 is 23.3 Å². The van der Waals surface area contributed by atoms with Crippen molar-refractivity contribution in [2.24, 2.45) is 0 Å². The SMILES string of the molecule is Nc1c(C(=O)NC2CCN(C(=O)c3ccccc3F)CC2)cc(F)cc1[N+](=O)[O-]. The lowest BCUT2D eigenvalue weighted by molar-refractivity contribution is -0.384. The molecular weight excluding hydrogens is 386 g/mol. The molecule has 1 heterocycles. The van der Waals surface area contributed by atoms with E-state index >= 15 is 0 Å². The molecule has 0 atom stereocenters. The fraction of sp³-hybridized carbons (Fsp3) is 0.263. The molecule has 10 heteroatoms. The maximum Gasteiger partial charge on any atom is 0.295 e. The average Bonchev–Trinajstić information content (AvgIpc) is 2.69. The minimum absolute atomic E-state index is 0.0187. The maximum atomic E-state index is 13.8. The Balaban J connectivity index is 1.64. The van der Waals surface area contributed by atoms with E-state index in [0.717, 1.165) is 6.07 Å². The van der Waals surface area contributed by atoms with Crippen LogP contribution < -0.4 is 11.1 Å². The molecule has 0 saturated carbocycles. The van der Waals surface area contributed by atoms with Crippen LogP contribution in [0.4, 0.5) is 20.2 Å². The second-order valence-corrected chi connectivity index (χ2v) is 6.66. The molecule has 0 spiro atoms. The van der Waals surface area contributed by atoms with Gasteiger partial charge in [-0.3, -0.25) is 19.7 Å². The molecule has 0 radical (unpaired) electrons. The van der Waals surface area contributed by atoms with E-state index in [1.807, 2.05) is 0 Å². The van der Waals surface area contributed by atoms with Crippen LogP contribution in [0.25, 0.3) is 0 Å². The lowest BCUT2D eigenvalue weighted by atomic mass is 10.0. The van der Waals surface area contributed by atoms with Gasteiger partial charge in [0.05, 0.1) is 22.1 Å². The largest absolute Gasteiger partial charge is 0.393 e. The van der Waals surface area contributed by atoms with Gasteiger partial charge in [-0.1, -0.05) is 12.1 Å². The van der Waals surface area contributed by atoms with E-state index in [1.54, 1.807) is 6.07 Å². The molecule has 8 nitrogen and oxygen atoms in total. The van der Waals surface area contributed by atoms with Crippen LogP contribution in [0, 0.1) is 21.7 Å². The van der Waals surface area contributed by atoms with Crippen LogP contribution in [0.1, 0.15) is 33.6 Å². The zero-order valence-electron chi connectivity index (χ0n) is 15.2. The van der Waals surface area contributed by atoms with E-state index in [0.29, 0.717) is 18.9 Å². The van der Waals surface area contributed by atoms with Gasteiger partial charge in [0.25, 0.3) is 17.5 Å². The van der Waals surface area contributed by atoms with E-state index in [1.165, 1.54) is 23.1 Å². The van der Waals surface area contributed by atoms with Gasteiger partial charge < -0.3 is 16.0 Å². The number of hydrogen-bond donors (Lipinski definition) is 2. The summed E-state index contributed by atoms with van der Waals surface area (Å²) in [5.41, 5.74) is 4.21. The first-order valence-corrected chi connectivity index (χ1v) is 8.86. The summed E-state index contributed by atoms with van der Waals surface area (Å²) in [4.78, 5) is 36.4. The minimum Gasteiger partial charge on any atom is -0.393 e. The van der Waals surface area contributed by atoms with Crippen molar-refractivity contribution in [2.45, 2.75) is 18.9 Å². The number of nitrogens with two attached hydrogens (primary N) is 1. The summed E-state index contributed by atoms with van der Waals surface area (Å²) in [6.07, 6.45) is 0.784. The normalized spacial score (nSPS) is 14.5. The number of nitrogens with zero attached hydrogens (tertiary/aromatic N) is 2. The van der Waals surface area contributed by atoms with E-state index in [2.05, 4.69) is 5.32 Å². The van der Waals surface area contributed by atoms with Gasteiger partial charge in [-0.15, -0.1) is 0 Å². The summed E-state index contributed by atoms with van der Waals surface area (Å²) >= 11 is 0. The standard InChI is InChI=1S/C19H18F2N4O4/c20-11-9-14(17(22)16(10-11)25(28)29)18(26)23-12-5-7-24(8-6-12)19(27)13-3-1-2-4-15(13)21/h1-4,9-10,12H,5-8,22H2,(H,23,26). The number of nitro benzene ring substituents is 1. The number of nitro groups is 1. The summed E-state index contributed by atoms with van der Waals surface area (Å²) in [5.74, 6) is -2.71. The second kappa shape index (κ2) is 8.21. The first kappa shape index (κ1) is 20.2. The predicted octanol–water partition coefficient (Wildman–Crippen LogP) is 2.49. The van der Waals surface area contributed by atoms with Crippen molar-refractivity contribution in [1.29, 1.82) is 0 Å². The number of anilines is 1. The van der Waals surface area contributed by atoms with Crippen LogP contribution in [-0.2, 0) is 0 Å². The van der Waals surface area contributed by atoms with Gasteiger partial charge in [0.1, 0.15) is 17.3 Å². The fourth-order valence-electron chi connectivity index (χ4n) is 3.24. The van der Waals surface area contributed by atoms with E-state index in [4.69, 9.17) is 5.73 Å². The maximum absolute atomic E-state index is 13.8. The number of carbonyl (C=O) groups excluding carboxylic acids is 2. The Labute approximate surface area is 164 Å². The van der Waals surface area contributed by atoms with Gasteiger partial charge in [-0.2, -0.15) is 0 Å². The van der Waals surface area contributed by atoms with Crippen molar-refractivity contribution in [3.8, 4) is 0 Å². The number of halogens is 2. The highest BCUT2D eigenvalue weighted by Crippen LogP contribution is 2.27. The van der Waals surface area contributed by atoms with Crippen LogP contribution >= 0.6 is 0 Å². The van der Waals surface area contributed by atoms with Crippen LogP contribution in [0.5, 0.6) is 0 Å². The molecule has 1 aliphatic rings. The zero-order valence-corrected chi connectivity index (χ0v) is 15.2. The summed E-state index contributed by atoms with van der Waals surface area (Å²) in [6, 6.07) is 6.85. The molecule has 1 saturated heterocycles. The minimum atomic E-state index is -0.943. The molecule has 2 amide bonds. The van der Waals surface area contributed by atoms with Gasteiger partial charge >= 0.3 is 0 Å². The number of nitrogens with one attached hydrogen (secondary N) is 1. The first-order chi connectivity index (χ1) is 13.8. The van der Waals surface area contributed by atoms with Crippen molar-refractivity contribution in [3.63, 3.8) is 0 Å². The van der Waals surface area contributed by atoms with Gasteiger partial charge in [0, 0.05) is 19.1 Å². The van der Waals surface area contributed by atoms with Crippen LogP contribution in [0.3, 0.4) is 0 Å². The number of nitrogen functional groups attached to an aromatic ring is 1.